The lowest BCUT2D eigenvalue weighted by Gasteiger charge is -2.37. The van der Waals surface area contributed by atoms with Crippen molar-refractivity contribution in [3.63, 3.8) is 0 Å². The quantitative estimate of drug-likeness (QED) is 0.317. The molecule has 31 heavy (non-hydrogen) atoms. The van der Waals surface area contributed by atoms with E-state index in [1.165, 1.54) is 0 Å². The minimum Gasteiger partial charge on any atom is -0.506 e. The summed E-state index contributed by atoms with van der Waals surface area (Å²) in [6, 6.07) is 13.4. The second-order valence-electron chi connectivity index (χ2n) is 7.05. The van der Waals surface area contributed by atoms with E-state index in [2.05, 4.69) is 22.0 Å². The van der Waals surface area contributed by atoms with Gasteiger partial charge in [-0.25, -0.2) is 4.99 Å². The summed E-state index contributed by atoms with van der Waals surface area (Å²) in [5, 5.41) is 13.5. The van der Waals surface area contributed by atoms with Gasteiger partial charge in [0.25, 0.3) is 0 Å². The first-order valence-electron chi connectivity index (χ1n) is 10.5. The Bertz CT molecular complexity index is 854. The van der Waals surface area contributed by atoms with Crippen LogP contribution in [0.15, 0.2) is 47.5 Å². The molecule has 0 radical (unpaired) electrons. The number of para-hydroxylation sites is 2. The molecule has 2 aromatic rings. The predicted molar refractivity (Wildman–Crippen MR) is 136 cm³/mol. The lowest BCUT2D eigenvalue weighted by atomic mass is 10.2. The molecule has 1 fully saturated rings. The van der Waals surface area contributed by atoms with E-state index in [1.807, 2.05) is 43.3 Å². The highest BCUT2D eigenvalue weighted by Gasteiger charge is 2.21. The van der Waals surface area contributed by atoms with Crippen molar-refractivity contribution >= 4 is 35.6 Å². The maximum atomic E-state index is 10.1. The monoisotopic (exact) mass is 540 g/mol. The number of hydrogen-bond donors (Lipinski definition) is 2. The number of aliphatic imine (C=N–C) groups is 1. The fourth-order valence-electron chi connectivity index (χ4n) is 3.57. The number of rotatable bonds is 7. The number of phenols is 1. The smallest absolute Gasteiger partial charge is 0.194 e. The summed E-state index contributed by atoms with van der Waals surface area (Å²) in [4.78, 5) is 9.33. The molecular weight excluding hydrogens is 507 g/mol. The molecule has 3 rings (SSSR count). The van der Waals surface area contributed by atoms with Crippen molar-refractivity contribution in [2.24, 2.45) is 4.99 Å². The van der Waals surface area contributed by atoms with Gasteiger partial charge < -0.3 is 29.7 Å². The molecule has 2 aromatic carbocycles. The van der Waals surface area contributed by atoms with Gasteiger partial charge >= 0.3 is 0 Å². The van der Waals surface area contributed by atoms with Gasteiger partial charge in [0.15, 0.2) is 17.5 Å². The zero-order valence-corrected chi connectivity index (χ0v) is 20.8. The highest BCUT2D eigenvalue weighted by Crippen LogP contribution is 2.29. The number of methoxy groups -OCH3 is 1. The third-order valence-electron chi connectivity index (χ3n) is 5.08. The summed E-state index contributed by atoms with van der Waals surface area (Å²) < 4.78 is 11.0. The Morgan fingerprint density at radius 3 is 2.45 bits per heavy atom. The highest BCUT2D eigenvalue weighted by atomic mass is 127. The molecule has 1 aliphatic heterocycles. The second-order valence-corrected chi connectivity index (χ2v) is 7.05. The van der Waals surface area contributed by atoms with Crippen molar-refractivity contribution in [1.29, 1.82) is 0 Å². The van der Waals surface area contributed by atoms with E-state index < -0.39 is 0 Å². The Balaban J connectivity index is 0.00000341. The summed E-state index contributed by atoms with van der Waals surface area (Å²) in [6.07, 6.45) is 0. The van der Waals surface area contributed by atoms with Gasteiger partial charge in [-0.1, -0.05) is 18.2 Å². The molecule has 0 aromatic heterocycles. The fraction of sp³-hybridized carbons (Fsp3) is 0.435. The Morgan fingerprint density at radius 1 is 1.06 bits per heavy atom. The Hall–Kier alpha value is -2.36. The Kier molecular flexibility index (Phi) is 10.0. The van der Waals surface area contributed by atoms with Gasteiger partial charge in [-0.05, 0) is 43.7 Å². The summed E-state index contributed by atoms with van der Waals surface area (Å²) in [5.74, 6) is 2.71. The molecule has 1 saturated heterocycles. The van der Waals surface area contributed by atoms with Gasteiger partial charge in [-0.2, -0.15) is 0 Å². The number of nitrogens with one attached hydrogen (secondary N) is 1. The molecular formula is C23H33IN4O3. The van der Waals surface area contributed by atoms with E-state index in [9.17, 15) is 5.11 Å². The molecule has 1 heterocycles. The van der Waals surface area contributed by atoms with E-state index in [4.69, 9.17) is 14.5 Å². The zero-order valence-electron chi connectivity index (χ0n) is 18.5. The molecule has 7 nitrogen and oxygen atoms in total. The van der Waals surface area contributed by atoms with Gasteiger partial charge in [0.1, 0.15) is 5.75 Å². The molecule has 0 bridgehead atoms. The first-order chi connectivity index (χ1) is 14.7. The van der Waals surface area contributed by atoms with Crippen LogP contribution in [0.5, 0.6) is 17.2 Å². The van der Waals surface area contributed by atoms with E-state index in [1.54, 1.807) is 13.2 Å². The zero-order chi connectivity index (χ0) is 21.3. The number of halogens is 1. The maximum absolute atomic E-state index is 10.1. The molecule has 1 aliphatic rings. The van der Waals surface area contributed by atoms with Crippen molar-refractivity contribution in [2.75, 3.05) is 51.3 Å². The molecule has 0 aliphatic carbocycles. The average molecular weight is 540 g/mol. The molecule has 2 N–H and O–H groups in total. The third kappa shape index (κ3) is 6.56. The minimum absolute atomic E-state index is 0. The van der Waals surface area contributed by atoms with Gasteiger partial charge in [-0.3, -0.25) is 0 Å². The van der Waals surface area contributed by atoms with Gasteiger partial charge in [-0.15, -0.1) is 24.0 Å². The highest BCUT2D eigenvalue weighted by molar-refractivity contribution is 14.0. The first kappa shape index (κ1) is 24.9. The number of aromatic hydroxyl groups is 1. The van der Waals surface area contributed by atoms with Crippen molar-refractivity contribution in [3.8, 4) is 17.2 Å². The fourth-order valence-corrected chi connectivity index (χ4v) is 3.57. The minimum atomic E-state index is 0. The molecule has 0 unspecified atom stereocenters. The number of phenolic OH excluding ortho intramolecular Hbond substituents is 1. The van der Waals surface area contributed by atoms with Crippen LogP contribution in [0, 0.1) is 0 Å². The molecule has 0 spiro atoms. The lowest BCUT2D eigenvalue weighted by molar-refractivity contribution is 0.310. The third-order valence-corrected chi connectivity index (χ3v) is 5.08. The topological polar surface area (TPSA) is 69.6 Å². The SMILES string of the molecule is CCNC(=NCc1ccc(OCC)c(OC)c1)N1CCN(c2ccccc2O)CC1.I. The number of guanidine groups is 1. The summed E-state index contributed by atoms with van der Waals surface area (Å²) >= 11 is 0. The number of ether oxygens (including phenoxy) is 2. The van der Waals surface area contributed by atoms with Crippen LogP contribution in [-0.4, -0.2) is 62.4 Å². The standard InChI is InChI=1S/C23H32N4O3.HI/c1-4-24-23(25-17-18-10-11-21(30-5-2)22(16-18)29-3)27-14-12-26(13-15-27)19-8-6-7-9-20(19)28;/h6-11,16,28H,4-5,12-15,17H2,1-3H3,(H,24,25);1H. The van der Waals surface area contributed by atoms with E-state index in [0.29, 0.717) is 18.9 Å². The predicted octanol–water partition coefficient (Wildman–Crippen LogP) is 3.71. The van der Waals surface area contributed by atoms with E-state index in [0.717, 1.165) is 61.4 Å². The van der Waals surface area contributed by atoms with Crippen LogP contribution in [0.3, 0.4) is 0 Å². The summed E-state index contributed by atoms with van der Waals surface area (Å²) in [7, 11) is 1.65. The van der Waals surface area contributed by atoms with E-state index >= 15 is 0 Å². The van der Waals surface area contributed by atoms with Crippen LogP contribution in [0.25, 0.3) is 0 Å². The van der Waals surface area contributed by atoms with Crippen LogP contribution < -0.4 is 19.7 Å². The second kappa shape index (κ2) is 12.5. The number of hydrogen-bond acceptors (Lipinski definition) is 5. The van der Waals surface area contributed by atoms with Crippen molar-refractivity contribution in [1.82, 2.24) is 10.2 Å². The normalized spacial score (nSPS) is 14.1. The molecule has 0 saturated carbocycles. The van der Waals surface area contributed by atoms with Crippen LogP contribution in [-0.2, 0) is 6.54 Å². The summed E-state index contributed by atoms with van der Waals surface area (Å²) in [5.41, 5.74) is 1.96. The van der Waals surface area contributed by atoms with Crippen molar-refractivity contribution in [2.45, 2.75) is 20.4 Å². The first-order valence-corrected chi connectivity index (χ1v) is 10.5. The number of anilines is 1. The average Bonchev–Trinajstić information content (AvgIpc) is 2.78. The van der Waals surface area contributed by atoms with Crippen LogP contribution in [0.1, 0.15) is 19.4 Å². The van der Waals surface area contributed by atoms with Crippen LogP contribution in [0.2, 0.25) is 0 Å². The Labute approximate surface area is 202 Å². The maximum Gasteiger partial charge on any atom is 0.194 e. The number of benzene rings is 2. The van der Waals surface area contributed by atoms with Gasteiger partial charge in [0.05, 0.1) is 25.9 Å². The molecule has 0 amide bonds. The number of nitrogens with zero attached hydrogens (tertiary/aromatic N) is 3. The molecule has 170 valence electrons. The van der Waals surface area contributed by atoms with Gasteiger partial charge in [0.2, 0.25) is 0 Å². The molecule has 8 heteroatoms. The Morgan fingerprint density at radius 2 is 1.81 bits per heavy atom. The van der Waals surface area contributed by atoms with Crippen LogP contribution in [0.4, 0.5) is 5.69 Å². The van der Waals surface area contributed by atoms with Crippen LogP contribution >= 0.6 is 24.0 Å². The molecule has 0 atom stereocenters. The van der Waals surface area contributed by atoms with E-state index in [-0.39, 0.29) is 24.0 Å². The van der Waals surface area contributed by atoms with Crippen molar-refractivity contribution < 1.29 is 14.6 Å². The number of piperazine rings is 1. The van der Waals surface area contributed by atoms with Gasteiger partial charge in [0, 0.05) is 32.7 Å². The van der Waals surface area contributed by atoms with Crippen molar-refractivity contribution in [3.05, 3.63) is 48.0 Å². The largest absolute Gasteiger partial charge is 0.506 e. The lowest BCUT2D eigenvalue weighted by Crippen LogP contribution is -2.52. The summed E-state index contributed by atoms with van der Waals surface area (Å²) in [6.45, 7) is 9.35.